The molecule has 2 aromatic rings. The zero-order chi connectivity index (χ0) is 18.3. The Hall–Kier alpha value is -2.54. The van der Waals surface area contributed by atoms with Gasteiger partial charge < -0.3 is 10.4 Å². The summed E-state index contributed by atoms with van der Waals surface area (Å²) in [6.45, 7) is 3.57. The molecular weight excluding hydrogens is 327 g/mol. The Morgan fingerprint density at radius 3 is 2.68 bits per heavy atom. The summed E-state index contributed by atoms with van der Waals surface area (Å²) >= 11 is 0. The number of pyridine rings is 1. The molecule has 1 aliphatic heterocycles. The van der Waals surface area contributed by atoms with Crippen LogP contribution in [0.5, 0.6) is 0 Å². The van der Waals surface area contributed by atoms with Crippen LogP contribution in [0, 0.1) is 12.7 Å². The Labute approximate surface area is 143 Å². The Kier molecular flexibility index (Phi) is 4.43. The first-order chi connectivity index (χ1) is 11.8. The number of benzene rings is 1. The summed E-state index contributed by atoms with van der Waals surface area (Å²) < 4.78 is 15.5. The van der Waals surface area contributed by atoms with Crippen LogP contribution in [0.1, 0.15) is 41.9 Å². The molecule has 2 atom stereocenters. The van der Waals surface area contributed by atoms with Gasteiger partial charge in [0, 0.05) is 17.1 Å². The number of carboxylic acids is 1. The average Bonchev–Trinajstić information content (AvgIpc) is 3.04. The number of aromatic carboxylic acids is 1. The summed E-state index contributed by atoms with van der Waals surface area (Å²) in [4.78, 5) is 37.1. The molecule has 1 fully saturated rings. The van der Waals surface area contributed by atoms with Crippen LogP contribution in [0.3, 0.4) is 0 Å². The maximum atomic E-state index is 14.3. The van der Waals surface area contributed by atoms with Crippen LogP contribution in [0.4, 0.5) is 4.39 Å². The number of nitrogens with one attached hydrogen (secondary N) is 1. The number of ketones is 1. The number of nitrogens with zero attached hydrogens (tertiary/aromatic N) is 1. The van der Waals surface area contributed by atoms with Crippen LogP contribution in [-0.2, 0) is 4.79 Å². The molecule has 7 heteroatoms. The third kappa shape index (κ3) is 2.74. The molecular formula is C18H19FN2O4. The normalized spacial score (nSPS) is 18.4. The molecule has 1 aliphatic rings. The standard InChI is InChI=1S/C18H19FN2O4/c1-9-14(18(24)25)11-5-3-6-12(19)15(11)17(23)21(9)16(10(2)22)13-7-4-8-20-13/h3,5-6,13,16,20H,4,7-8H2,1-2H3,(H,24,25)/t13?,16-/m1/s1. The number of halogens is 1. The van der Waals surface area contributed by atoms with Gasteiger partial charge in [0.1, 0.15) is 11.9 Å². The van der Waals surface area contributed by atoms with Gasteiger partial charge >= 0.3 is 5.97 Å². The van der Waals surface area contributed by atoms with Crippen molar-refractivity contribution >= 4 is 22.5 Å². The van der Waals surface area contributed by atoms with E-state index in [0.717, 1.165) is 23.6 Å². The van der Waals surface area contributed by atoms with E-state index in [-0.39, 0.29) is 33.9 Å². The zero-order valence-electron chi connectivity index (χ0n) is 14.0. The summed E-state index contributed by atoms with van der Waals surface area (Å²) in [6, 6.07) is 2.76. The number of aromatic nitrogens is 1. The molecule has 25 heavy (non-hydrogen) atoms. The Balaban J connectivity index is 2.42. The summed E-state index contributed by atoms with van der Waals surface area (Å²) in [5.74, 6) is -2.32. The van der Waals surface area contributed by atoms with Crippen molar-refractivity contribution in [3.8, 4) is 0 Å². The van der Waals surface area contributed by atoms with Crippen LogP contribution in [0.2, 0.25) is 0 Å². The monoisotopic (exact) mass is 346 g/mol. The molecule has 3 rings (SSSR count). The molecule has 1 unspecified atom stereocenters. The second-order valence-corrected chi connectivity index (χ2v) is 6.36. The Morgan fingerprint density at radius 1 is 1.40 bits per heavy atom. The molecule has 0 spiro atoms. The molecule has 1 aromatic carbocycles. The first kappa shape index (κ1) is 17.3. The van der Waals surface area contributed by atoms with Gasteiger partial charge in [0.15, 0.2) is 5.78 Å². The number of Topliss-reactive ketones (excluding diaryl/α,β-unsaturated/α-hetero) is 1. The van der Waals surface area contributed by atoms with Gasteiger partial charge in [-0.1, -0.05) is 12.1 Å². The van der Waals surface area contributed by atoms with E-state index in [1.54, 1.807) is 0 Å². The van der Waals surface area contributed by atoms with Crippen molar-refractivity contribution in [2.45, 2.75) is 38.8 Å². The molecule has 0 saturated carbocycles. The van der Waals surface area contributed by atoms with E-state index in [0.29, 0.717) is 6.42 Å². The topological polar surface area (TPSA) is 88.4 Å². The van der Waals surface area contributed by atoms with Crippen molar-refractivity contribution < 1.29 is 19.1 Å². The van der Waals surface area contributed by atoms with Crippen molar-refractivity contribution in [1.82, 2.24) is 9.88 Å². The minimum absolute atomic E-state index is 0.0490. The predicted octanol–water partition coefficient (Wildman–Crippen LogP) is 2.03. The molecule has 132 valence electrons. The van der Waals surface area contributed by atoms with Crippen LogP contribution in [-0.4, -0.2) is 34.0 Å². The minimum Gasteiger partial charge on any atom is -0.478 e. The lowest BCUT2D eigenvalue weighted by atomic mass is 9.98. The highest BCUT2D eigenvalue weighted by atomic mass is 19.1. The number of carbonyl (C=O) groups excluding carboxylic acids is 1. The lowest BCUT2D eigenvalue weighted by molar-refractivity contribution is -0.120. The largest absolute Gasteiger partial charge is 0.478 e. The van der Waals surface area contributed by atoms with Gasteiger partial charge in [0.05, 0.1) is 10.9 Å². The van der Waals surface area contributed by atoms with Gasteiger partial charge in [-0.3, -0.25) is 14.2 Å². The van der Waals surface area contributed by atoms with Gasteiger partial charge in [0.25, 0.3) is 5.56 Å². The fraction of sp³-hybridized carbons (Fsp3) is 0.389. The first-order valence-electron chi connectivity index (χ1n) is 8.15. The molecule has 1 saturated heterocycles. The maximum Gasteiger partial charge on any atom is 0.338 e. The summed E-state index contributed by atoms with van der Waals surface area (Å²) in [5.41, 5.74) is -0.674. The van der Waals surface area contributed by atoms with E-state index >= 15 is 0 Å². The van der Waals surface area contributed by atoms with Gasteiger partial charge in [-0.05, 0) is 39.3 Å². The highest BCUT2D eigenvalue weighted by Crippen LogP contribution is 2.27. The fourth-order valence-corrected chi connectivity index (χ4v) is 3.77. The van der Waals surface area contributed by atoms with E-state index in [1.807, 2.05) is 0 Å². The van der Waals surface area contributed by atoms with Crippen molar-refractivity contribution in [3.05, 3.63) is 45.6 Å². The molecule has 0 bridgehead atoms. The molecule has 0 amide bonds. The van der Waals surface area contributed by atoms with Crippen molar-refractivity contribution in [3.63, 3.8) is 0 Å². The lowest BCUT2D eigenvalue weighted by Crippen LogP contribution is -2.43. The zero-order valence-corrected chi connectivity index (χ0v) is 14.0. The van der Waals surface area contributed by atoms with Gasteiger partial charge in [-0.15, -0.1) is 0 Å². The quantitative estimate of drug-likeness (QED) is 0.884. The average molecular weight is 346 g/mol. The van der Waals surface area contributed by atoms with E-state index in [9.17, 15) is 23.9 Å². The summed E-state index contributed by atoms with van der Waals surface area (Å²) in [6.07, 6.45) is 1.55. The second-order valence-electron chi connectivity index (χ2n) is 6.36. The van der Waals surface area contributed by atoms with Crippen LogP contribution in [0.15, 0.2) is 23.0 Å². The molecule has 2 N–H and O–H groups in total. The number of rotatable bonds is 4. The molecule has 0 aliphatic carbocycles. The van der Waals surface area contributed by atoms with Gasteiger partial charge in [-0.25, -0.2) is 9.18 Å². The minimum atomic E-state index is -1.26. The van der Waals surface area contributed by atoms with E-state index in [2.05, 4.69) is 5.32 Å². The van der Waals surface area contributed by atoms with Crippen molar-refractivity contribution in [1.29, 1.82) is 0 Å². The number of carboxylic acid groups (broad SMARTS) is 1. The van der Waals surface area contributed by atoms with E-state index in [1.165, 1.54) is 26.0 Å². The van der Waals surface area contributed by atoms with E-state index in [4.69, 9.17) is 0 Å². The summed E-state index contributed by atoms with van der Waals surface area (Å²) in [5, 5.41) is 12.6. The SMILES string of the molecule is CC(=O)[C@H](C1CCCN1)n1c(C)c(C(=O)O)c2cccc(F)c2c1=O. The molecule has 1 aromatic heterocycles. The van der Waals surface area contributed by atoms with Crippen LogP contribution < -0.4 is 10.9 Å². The molecule has 6 nitrogen and oxygen atoms in total. The third-order valence-corrected chi connectivity index (χ3v) is 4.83. The Morgan fingerprint density at radius 2 is 2.12 bits per heavy atom. The third-order valence-electron chi connectivity index (χ3n) is 4.83. The lowest BCUT2D eigenvalue weighted by Gasteiger charge is -2.27. The van der Waals surface area contributed by atoms with Crippen LogP contribution >= 0.6 is 0 Å². The second kappa shape index (κ2) is 6.40. The van der Waals surface area contributed by atoms with Gasteiger partial charge in [0.2, 0.25) is 0 Å². The van der Waals surface area contributed by atoms with Crippen molar-refractivity contribution in [2.75, 3.05) is 6.54 Å². The number of hydrogen-bond acceptors (Lipinski definition) is 4. The number of fused-ring (bicyclic) bond motifs is 1. The fourth-order valence-electron chi connectivity index (χ4n) is 3.77. The number of hydrogen-bond donors (Lipinski definition) is 2. The molecule has 2 heterocycles. The van der Waals surface area contributed by atoms with Crippen molar-refractivity contribution in [2.24, 2.45) is 0 Å². The summed E-state index contributed by atoms with van der Waals surface area (Å²) in [7, 11) is 0. The highest BCUT2D eigenvalue weighted by Gasteiger charge is 2.33. The predicted molar refractivity (Wildman–Crippen MR) is 90.6 cm³/mol. The highest BCUT2D eigenvalue weighted by molar-refractivity contribution is 6.04. The van der Waals surface area contributed by atoms with E-state index < -0.39 is 23.4 Å². The maximum absolute atomic E-state index is 14.3. The van der Waals surface area contributed by atoms with Gasteiger partial charge in [-0.2, -0.15) is 0 Å². The Bertz CT molecular complexity index is 929. The first-order valence-corrected chi connectivity index (χ1v) is 8.15. The van der Waals surface area contributed by atoms with Crippen LogP contribution in [0.25, 0.3) is 10.8 Å². The number of carbonyl (C=O) groups is 2. The molecule has 0 radical (unpaired) electrons. The smallest absolute Gasteiger partial charge is 0.338 e.